The maximum Gasteiger partial charge on any atom is 0.0594 e. The first-order chi connectivity index (χ1) is 3.80. The lowest BCUT2D eigenvalue weighted by molar-refractivity contribution is 0.304. The molecule has 1 heterocycles. The third kappa shape index (κ3) is 1.18. The molecule has 0 amide bonds. The van der Waals surface area contributed by atoms with Gasteiger partial charge in [0.25, 0.3) is 0 Å². The van der Waals surface area contributed by atoms with Crippen LogP contribution in [0.3, 0.4) is 0 Å². The molecule has 3 nitrogen and oxygen atoms in total. The molecule has 0 saturated carbocycles. The van der Waals surface area contributed by atoms with Crippen LogP contribution in [0.1, 0.15) is 6.92 Å². The summed E-state index contributed by atoms with van der Waals surface area (Å²) in [6.07, 6.45) is 0.191. The van der Waals surface area contributed by atoms with E-state index in [1.54, 1.807) is 0 Å². The first kappa shape index (κ1) is 6.01. The average molecular weight is 115 g/mol. The van der Waals surface area contributed by atoms with Crippen molar-refractivity contribution in [3.8, 4) is 0 Å². The van der Waals surface area contributed by atoms with E-state index in [4.69, 9.17) is 5.73 Å². The smallest absolute Gasteiger partial charge is 0.0594 e. The number of hydrogen-bond donors (Lipinski definition) is 3. The average Bonchev–Trinajstić information content (AvgIpc) is 1.77. The van der Waals surface area contributed by atoms with Gasteiger partial charge in [-0.1, -0.05) is 6.92 Å². The molecule has 1 rings (SSSR count). The molecule has 0 bridgehead atoms. The molecule has 1 aliphatic rings. The summed E-state index contributed by atoms with van der Waals surface area (Å²) >= 11 is 0. The van der Waals surface area contributed by atoms with Crippen LogP contribution >= 0.6 is 0 Å². The van der Waals surface area contributed by atoms with Crippen molar-refractivity contribution >= 4 is 0 Å². The van der Waals surface area contributed by atoms with Crippen molar-refractivity contribution in [1.82, 2.24) is 10.6 Å². The third-order valence-electron chi connectivity index (χ3n) is 1.54. The van der Waals surface area contributed by atoms with Crippen molar-refractivity contribution in [2.24, 2.45) is 11.7 Å². The molecule has 8 heavy (non-hydrogen) atoms. The minimum atomic E-state index is 0.191. The Bertz CT molecular complexity index is 64.1. The van der Waals surface area contributed by atoms with Crippen molar-refractivity contribution < 1.29 is 0 Å². The fraction of sp³-hybridized carbons (Fsp3) is 1.00. The summed E-state index contributed by atoms with van der Waals surface area (Å²) in [7, 11) is 0. The second-order valence-corrected chi connectivity index (χ2v) is 2.34. The standard InChI is InChI=1S/C5H13N3/c1-4-2-7-3-8-5(4)6/h4-5,7-8H,2-3,6H2,1H3. The van der Waals surface area contributed by atoms with E-state index in [-0.39, 0.29) is 6.17 Å². The molecule has 1 fully saturated rings. The van der Waals surface area contributed by atoms with Crippen molar-refractivity contribution in [3.05, 3.63) is 0 Å². The highest BCUT2D eigenvalue weighted by Crippen LogP contribution is 1.97. The van der Waals surface area contributed by atoms with Crippen LogP contribution in [0.2, 0.25) is 0 Å². The molecule has 0 aliphatic carbocycles. The van der Waals surface area contributed by atoms with E-state index in [1.807, 2.05) is 0 Å². The van der Waals surface area contributed by atoms with Crippen LogP contribution in [0.25, 0.3) is 0 Å². The maximum absolute atomic E-state index is 5.63. The van der Waals surface area contributed by atoms with E-state index in [0.29, 0.717) is 5.92 Å². The van der Waals surface area contributed by atoms with E-state index < -0.39 is 0 Å². The van der Waals surface area contributed by atoms with Crippen LogP contribution in [0.15, 0.2) is 0 Å². The molecule has 0 aromatic rings. The molecule has 3 heteroatoms. The highest BCUT2D eigenvalue weighted by atomic mass is 15.2. The molecule has 0 aromatic carbocycles. The van der Waals surface area contributed by atoms with Crippen molar-refractivity contribution in [3.63, 3.8) is 0 Å². The van der Waals surface area contributed by atoms with Gasteiger partial charge in [0.2, 0.25) is 0 Å². The lowest BCUT2D eigenvalue weighted by Gasteiger charge is -2.27. The van der Waals surface area contributed by atoms with Gasteiger partial charge in [0.15, 0.2) is 0 Å². The Morgan fingerprint density at radius 2 is 2.38 bits per heavy atom. The predicted molar refractivity (Wildman–Crippen MR) is 33.1 cm³/mol. The van der Waals surface area contributed by atoms with Gasteiger partial charge >= 0.3 is 0 Å². The van der Waals surface area contributed by atoms with Gasteiger partial charge in [-0.3, -0.25) is 5.32 Å². The summed E-state index contributed by atoms with van der Waals surface area (Å²) < 4.78 is 0. The van der Waals surface area contributed by atoms with E-state index in [1.165, 1.54) is 0 Å². The zero-order chi connectivity index (χ0) is 5.98. The molecule has 0 aromatic heterocycles. The molecular weight excluding hydrogens is 102 g/mol. The SMILES string of the molecule is CC1CNCNC1N. The van der Waals surface area contributed by atoms with Crippen LogP contribution in [-0.2, 0) is 0 Å². The van der Waals surface area contributed by atoms with Crippen molar-refractivity contribution in [2.45, 2.75) is 13.1 Å². The fourth-order valence-electron chi connectivity index (χ4n) is 0.818. The van der Waals surface area contributed by atoms with Crippen LogP contribution in [0.4, 0.5) is 0 Å². The zero-order valence-corrected chi connectivity index (χ0v) is 5.15. The first-order valence-electron chi connectivity index (χ1n) is 3.00. The zero-order valence-electron chi connectivity index (χ0n) is 5.15. The van der Waals surface area contributed by atoms with Crippen molar-refractivity contribution in [1.29, 1.82) is 0 Å². The Balaban J connectivity index is 2.28. The number of hydrogen-bond acceptors (Lipinski definition) is 3. The second-order valence-electron chi connectivity index (χ2n) is 2.34. The molecule has 48 valence electrons. The molecule has 4 N–H and O–H groups in total. The maximum atomic E-state index is 5.63. The van der Waals surface area contributed by atoms with Gasteiger partial charge in [-0.05, 0) is 5.92 Å². The molecule has 2 unspecified atom stereocenters. The molecule has 1 aliphatic heterocycles. The number of nitrogens with one attached hydrogen (secondary N) is 2. The Morgan fingerprint density at radius 3 is 2.75 bits per heavy atom. The summed E-state index contributed by atoms with van der Waals surface area (Å²) in [5, 5.41) is 6.27. The summed E-state index contributed by atoms with van der Waals surface area (Å²) in [6.45, 7) is 4.02. The predicted octanol–water partition coefficient (Wildman–Crippen LogP) is -0.942. The quantitative estimate of drug-likeness (QED) is 0.382. The van der Waals surface area contributed by atoms with Gasteiger partial charge in [-0.25, -0.2) is 0 Å². The van der Waals surface area contributed by atoms with Gasteiger partial charge < -0.3 is 11.1 Å². The van der Waals surface area contributed by atoms with Gasteiger partial charge in [-0.15, -0.1) is 0 Å². The third-order valence-corrected chi connectivity index (χ3v) is 1.54. The van der Waals surface area contributed by atoms with Gasteiger partial charge in [0.1, 0.15) is 0 Å². The van der Waals surface area contributed by atoms with E-state index in [2.05, 4.69) is 17.6 Å². The van der Waals surface area contributed by atoms with Crippen LogP contribution < -0.4 is 16.4 Å². The van der Waals surface area contributed by atoms with Gasteiger partial charge in [0, 0.05) is 13.2 Å². The molecule has 1 saturated heterocycles. The van der Waals surface area contributed by atoms with E-state index >= 15 is 0 Å². The lowest BCUT2D eigenvalue weighted by atomic mass is 10.1. The Kier molecular flexibility index (Phi) is 1.83. The number of rotatable bonds is 0. The van der Waals surface area contributed by atoms with Gasteiger partial charge in [0.05, 0.1) is 6.17 Å². The highest BCUT2D eigenvalue weighted by molar-refractivity contribution is 4.72. The molecule has 0 radical (unpaired) electrons. The fourth-order valence-corrected chi connectivity index (χ4v) is 0.818. The molecule has 2 atom stereocenters. The summed E-state index contributed by atoms with van der Waals surface area (Å²) in [5.74, 6) is 0.559. The normalized spacial score (nSPS) is 39.8. The van der Waals surface area contributed by atoms with Crippen LogP contribution in [-0.4, -0.2) is 19.4 Å². The number of nitrogens with two attached hydrogens (primary N) is 1. The highest BCUT2D eigenvalue weighted by Gasteiger charge is 2.14. The second kappa shape index (κ2) is 2.44. The largest absolute Gasteiger partial charge is 0.316 e. The Morgan fingerprint density at radius 1 is 1.62 bits per heavy atom. The minimum Gasteiger partial charge on any atom is -0.316 e. The molecular formula is C5H13N3. The summed E-state index contributed by atoms with van der Waals surface area (Å²) in [4.78, 5) is 0. The minimum absolute atomic E-state index is 0.191. The first-order valence-corrected chi connectivity index (χ1v) is 3.00. The van der Waals surface area contributed by atoms with Crippen LogP contribution in [0, 0.1) is 5.92 Å². The monoisotopic (exact) mass is 115 g/mol. The summed E-state index contributed by atoms with van der Waals surface area (Å²) in [6, 6.07) is 0. The Labute approximate surface area is 49.6 Å². The van der Waals surface area contributed by atoms with Crippen molar-refractivity contribution in [2.75, 3.05) is 13.2 Å². The lowest BCUT2D eigenvalue weighted by Crippen LogP contribution is -2.54. The topological polar surface area (TPSA) is 50.1 Å². The Hall–Kier alpha value is -0.120. The van der Waals surface area contributed by atoms with E-state index in [9.17, 15) is 0 Å². The van der Waals surface area contributed by atoms with Gasteiger partial charge in [-0.2, -0.15) is 0 Å². The molecule has 0 spiro atoms. The van der Waals surface area contributed by atoms with E-state index in [0.717, 1.165) is 13.2 Å². The summed E-state index contributed by atoms with van der Waals surface area (Å²) in [5.41, 5.74) is 5.63. The van der Waals surface area contributed by atoms with Crippen LogP contribution in [0.5, 0.6) is 0 Å².